The normalized spacial score (nSPS) is 24.0. The van der Waals surface area contributed by atoms with Gasteiger partial charge in [-0.3, -0.25) is 0 Å². The second-order valence-corrected chi connectivity index (χ2v) is 5.13. The van der Waals surface area contributed by atoms with Crippen molar-refractivity contribution in [3.05, 3.63) is 28.8 Å². The third kappa shape index (κ3) is 2.32. The van der Waals surface area contributed by atoms with Crippen molar-refractivity contribution in [2.45, 2.75) is 45.1 Å². The number of likely N-dealkylation sites (N-methyl/N-ethyl adjacent to an activating group) is 1. The van der Waals surface area contributed by atoms with E-state index in [2.05, 4.69) is 38.3 Å². The number of nitrogens with one attached hydrogen (secondary N) is 1. The van der Waals surface area contributed by atoms with Crippen LogP contribution in [-0.2, 0) is 0 Å². The van der Waals surface area contributed by atoms with E-state index < -0.39 is 0 Å². The molecule has 1 aliphatic carbocycles. The first-order valence-corrected chi connectivity index (χ1v) is 6.49. The van der Waals surface area contributed by atoms with Crippen molar-refractivity contribution < 1.29 is 4.74 Å². The summed E-state index contributed by atoms with van der Waals surface area (Å²) in [7, 11) is 3.85. The van der Waals surface area contributed by atoms with Gasteiger partial charge in [-0.15, -0.1) is 0 Å². The lowest BCUT2D eigenvalue weighted by Crippen LogP contribution is -2.28. The van der Waals surface area contributed by atoms with Gasteiger partial charge in [0.05, 0.1) is 7.11 Å². The molecule has 0 spiro atoms. The van der Waals surface area contributed by atoms with Crippen molar-refractivity contribution in [3.8, 4) is 5.75 Å². The molecule has 1 aliphatic rings. The van der Waals surface area contributed by atoms with E-state index >= 15 is 0 Å². The van der Waals surface area contributed by atoms with Crippen molar-refractivity contribution in [3.63, 3.8) is 0 Å². The van der Waals surface area contributed by atoms with Crippen LogP contribution in [0.3, 0.4) is 0 Å². The Kier molecular flexibility index (Phi) is 3.72. The molecule has 2 unspecified atom stereocenters. The van der Waals surface area contributed by atoms with E-state index in [1.54, 1.807) is 7.11 Å². The minimum atomic E-state index is 0.602. The Bertz CT molecular complexity index is 400. The van der Waals surface area contributed by atoms with Crippen LogP contribution in [0.25, 0.3) is 0 Å². The molecule has 0 saturated heterocycles. The third-order valence-electron chi connectivity index (χ3n) is 3.97. The zero-order chi connectivity index (χ0) is 12.4. The molecule has 0 heterocycles. The number of methoxy groups -OCH3 is 1. The molecule has 0 aromatic heterocycles. The van der Waals surface area contributed by atoms with Crippen LogP contribution in [0.2, 0.25) is 0 Å². The zero-order valence-electron chi connectivity index (χ0n) is 11.3. The molecule has 1 N–H and O–H groups in total. The van der Waals surface area contributed by atoms with Gasteiger partial charge in [0.25, 0.3) is 0 Å². The Balaban J connectivity index is 2.43. The van der Waals surface area contributed by atoms with Crippen LogP contribution in [0.15, 0.2) is 12.1 Å². The molecule has 1 fully saturated rings. The molecule has 2 nitrogen and oxygen atoms in total. The van der Waals surface area contributed by atoms with Crippen molar-refractivity contribution in [2.75, 3.05) is 14.2 Å². The van der Waals surface area contributed by atoms with Gasteiger partial charge in [0.1, 0.15) is 5.75 Å². The average molecular weight is 233 g/mol. The van der Waals surface area contributed by atoms with Gasteiger partial charge in [-0.2, -0.15) is 0 Å². The fourth-order valence-corrected chi connectivity index (χ4v) is 3.23. The van der Waals surface area contributed by atoms with Crippen molar-refractivity contribution in [1.29, 1.82) is 0 Å². The lowest BCUT2D eigenvalue weighted by molar-refractivity contribution is 0.398. The molecular weight excluding hydrogens is 210 g/mol. The molecule has 1 saturated carbocycles. The van der Waals surface area contributed by atoms with Crippen LogP contribution < -0.4 is 10.1 Å². The molecule has 0 amide bonds. The van der Waals surface area contributed by atoms with Gasteiger partial charge in [0.15, 0.2) is 0 Å². The Labute approximate surface area is 104 Å². The van der Waals surface area contributed by atoms with Gasteiger partial charge in [0.2, 0.25) is 0 Å². The first-order valence-electron chi connectivity index (χ1n) is 6.49. The molecular formula is C15H23NO. The van der Waals surface area contributed by atoms with Crippen LogP contribution in [0.1, 0.15) is 41.9 Å². The molecule has 1 aromatic carbocycles. The summed E-state index contributed by atoms with van der Waals surface area (Å²) in [6.07, 6.45) is 3.86. The van der Waals surface area contributed by atoms with Gasteiger partial charge in [-0.25, -0.2) is 0 Å². The number of hydrogen-bond acceptors (Lipinski definition) is 2. The maximum atomic E-state index is 5.58. The van der Waals surface area contributed by atoms with E-state index in [0.717, 1.165) is 5.75 Å². The monoisotopic (exact) mass is 233 g/mol. The largest absolute Gasteiger partial charge is 0.496 e. The molecule has 0 aliphatic heterocycles. The highest BCUT2D eigenvalue weighted by molar-refractivity contribution is 5.46. The first kappa shape index (κ1) is 12.4. The van der Waals surface area contributed by atoms with Gasteiger partial charge in [0, 0.05) is 17.5 Å². The zero-order valence-corrected chi connectivity index (χ0v) is 11.3. The summed E-state index contributed by atoms with van der Waals surface area (Å²) in [5, 5.41) is 3.45. The molecule has 0 radical (unpaired) electrons. The fourth-order valence-electron chi connectivity index (χ4n) is 3.23. The highest BCUT2D eigenvalue weighted by Crippen LogP contribution is 2.41. The number of aryl methyl sites for hydroxylation is 2. The number of rotatable bonds is 3. The number of benzene rings is 1. The fraction of sp³-hybridized carbons (Fsp3) is 0.600. The number of ether oxygens (including phenoxy) is 1. The molecule has 2 rings (SSSR count). The minimum absolute atomic E-state index is 0.602. The van der Waals surface area contributed by atoms with Gasteiger partial charge in [-0.05, 0) is 50.9 Å². The molecule has 2 heteroatoms. The summed E-state index contributed by atoms with van der Waals surface area (Å²) in [6, 6.07) is 5.03. The smallest absolute Gasteiger partial charge is 0.122 e. The van der Waals surface area contributed by atoms with Crippen molar-refractivity contribution in [1.82, 2.24) is 5.32 Å². The van der Waals surface area contributed by atoms with Crippen LogP contribution in [0, 0.1) is 13.8 Å². The third-order valence-corrected chi connectivity index (χ3v) is 3.97. The van der Waals surface area contributed by atoms with Gasteiger partial charge < -0.3 is 10.1 Å². The SMILES string of the molecule is CNC1CCCC1c1c(C)cc(C)cc1OC. The summed E-state index contributed by atoms with van der Waals surface area (Å²) >= 11 is 0. The van der Waals surface area contributed by atoms with Crippen molar-refractivity contribution >= 4 is 0 Å². The Hall–Kier alpha value is -1.02. The standard InChI is InChI=1S/C15H23NO/c1-10-8-11(2)15(14(9-10)17-4)12-6-5-7-13(12)16-3/h8-9,12-13,16H,5-7H2,1-4H3. The molecule has 94 valence electrons. The predicted octanol–water partition coefficient (Wildman–Crippen LogP) is 3.17. The van der Waals surface area contributed by atoms with Gasteiger partial charge >= 0.3 is 0 Å². The number of hydrogen-bond donors (Lipinski definition) is 1. The molecule has 17 heavy (non-hydrogen) atoms. The quantitative estimate of drug-likeness (QED) is 0.866. The minimum Gasteiger partial charge on any atom is -0.496 e. The lowest BCUT2D eigenvalue weighted by atomic mass is 9.89. The maximum Gasteiger partial charge on any atom is 0.122 e. The van der Waals surface area contributed by atoms with E-state index in [1.165, 1.54) is 36.0 Å². The average Bonchev–Trinajstić information content (AvgIpc) is 2.75. The lowest BCUT2D eigenvalue weighted by Gasteiger charge is -2.24. The molecule has 0 bridgehead atoms. The summed E-state index contributed by atoms with van der Waals surface area (Å²) in [6.45, 7) is 4.33. The Morgan fingerprint density at radius 1 is 1.24 bits per heavy atom. The Morgan fingerprint density at radius 3 is 2.65 bits per heavy atom. The first-order chi connectivity index (χ1) is 8.17. The Morgan fingerprint density at radius 2 is 2.00 bits per heavy atom. The topological polar surface area (TPSA) is 21.3 Å². The van der Waals surface area contributed by atoms with Crippen LogP contribution in [0.5, 0.6) is 5.75 Å². The molecule has 1 aromatic rings. The van der Waals surface area contributed by atoms with E-state index in [0.29, 0.717) is 12.0 Å². The summed E-state index contributed by atoms with van der Waals surface area (Å²) in [5.74, 6) is 1.67. The highest BCUT2D eigenvalue weighted by atomic mass is 16.5. The van der Waals surface area contributed by atoms with Gasteiger partial charge in [-0.1, -0.05) is 12.5 Å². The highest BCUT2D eigenvalue weighted by Gasteiger charge is 2.30. The second kappa shape index (κ2) is 5.09. The molecule has 2 atom stereocenters. The summed E-state index contributed by atoms with van der Waals surface area (Å²) in [5.41, 5.74) is 4.06. The maximum absolute atomic E-state index is 5.58. The van der Waals surface area contributed by atoms with E-state index in [1.807, 2.05) is 0 Å². The summed E-state index contributed by atoms with van der Waals surface area (Å²) in [4.78, 5) is 0. The van der Waals surface area contributed by atoms with Crippen LogP contribution >= 0.6 is 0 Å². The predicted molar refractivity (Wildman–Crippen MR) is 71.9 cm³/mol. The van der Waals surface area contributed by atoms with E-state index in [9.17, 15) is 0 Å². The summed E-state index contributed by atoms with van der Waals surface area (Å²) < 4.78 is 5.58. The van der Waals surface area contributed by atoms with Crippen LogP contribution in [0.4, 0.5) is 0 Å². The van der Waals surface area contributed by atoms with E-state index in [4.69, 9.17) is 4.74 Å². The van der Waals surface area contributed by atoms with Crippen molar-refractivity contribution in [2.24, 2.45) is 0 Å². The second-order valence-electron chi connectivity index (χ2n) is 5.13. The van der Waals surface area contributed by atoms with E-state index in [-0.39, 0.29) is 0 Å². The van der Waals surface area contributed by atoms with Crippen LogP contribution in [-0.4, -0.2) is 20.2 Å².